The van der Waals surface area contributed by atoms with Gasteiger partial charge in [0.1, 0.15) is 48.3 Å². The molecule has 17 heteroatoms. The van der Waals surface area contributed by atoms with E-state index in [2.05, 4.69) is 15.0 Å². The maximum Gasteiger partial charge on any atom is 0.308 e. The normalized spacial score (nSPS) is 24.8. The van der Waals surface area contributed by atoms with Gasteiger partial charge >= 0.3 is 5.97 Å². The fourth-order valence-corrected chi connectivity index (χ4v) is 7.35. The highest BCUT2D eigenvalue weighted by atomic mass is 16.5. The van der Waals surface area contributed by atoms with E-state index in [1.54, 1.807) is 46.5 Å². The number of rotatable bonds is 15. The minimum atomic E-state index is -1.28. The molecule has 10 unspecified atom stereocenters. The molecule has 3 aromatic rings. The second-order valence-corrected chi connectivity index (χ2v) is 16.0. The number of ether oxygens (including phenoxy) is 4. The van der Waals surface area contributed by atoms with Gasteiger partial charge in [0.05, 0.1) is 30.8 Å². The standard InChI is InChI=1S/C44H62N4O13/c1-26-12-9-10-14-40-45-33(23-58-40)43-47-34(24-60-43)44-46-32(22-59-44)42(57-8)29(4)36(53)19-30(50)18-31(51)20-41(54)61-39(26)21-38(56-7)27(2)15-16-35(52)28(3)37(55-6)13-11-17-48(5)25-49/h10-11,14,17,22-31,37-39,42,50-51H,9,12-13,15-16,18-21H2,1-8H3/b14-10+,17-11+. The van der Waals surface area contributed by atoms with Gasteiger partial charge in [-0.25, -0.2) is 15.0 Å². The average molecular weight is 855 g/mol. The minimum absolute atomic E-state index is 0.0373. The summed E-state index contributed by atoms with van der Waals surface area (Å²) in [6.45, 7) is 7.43. The van der Waals surface area contributed by atoms with Crippen molar-refractivity contribution in [2.75, 3.05) is 28.4 Å². The van der Waals surface area contributed by atoms with Crippen molar-refractivity contribution in [3.05, 3.63) is 48.7 Å². The molecule has 61 heavy (non-hydrogen) atoms. The van der Waals surface area contributed by atoms with E-state index in [0.29, 0.717) is 61.5 Å². The first-order chi connectivity index (χ1) is 29.2. The van der Waals surface area contributed by atoms with E-state index < -0.39 is 42.7 Å². The van der Waals surface area contributed by atoms with Crippen LogP contribution in [0.3, 0.4) is 0 Å². The summed E-state index contributed by atoms with van der Waals surface area (Å²) in [4.78, 5) is 65.6. The molecule has 0 fully saturated rings. The molecule has 17 nitrogen and oxygen atoms in total. The first-order valence-electron chi connectivity index (χ1n) is 20.7. The molecule has 3 aromatic heterocycles. The number of fused-ring (bicyclic) bond motifs is 8. The Morgan fingerprint density at radius 2 is 1.62 bits per heavy atom. The lowest BCUT2D eigenvalue weighted by molar-refractivity contribution is -0.157. The second-order valence-electron chi connectivity index (χ2n) is 16.0. The lowest BCUT2D eigenvalue weighted by Crippen LogP contribution is -2.35. The van der Waals surface area contributed by atoms with Crippen molar-refractivity contribution < 1.29 is 61.6 Å². The summed E-state index contributed by atoms with van der Waals surface area (Å²) < 4.78 is 40.1. The Bertz CT molecular complexity index is 1900. The van der Waals surface area contributed by atoms with E-state index in [0.717, 1.165) is 0 Å². The number of hydrogen-bond donors (Lipinski definition) is 2. The highest BCUT2D eigenvalue weighted by Gasteiger charge is 2.33. The molecule has 2 N–H and O–H groups in total. The third kappa shape index (κ3) is 14.4. The summed E-state index contributed by atoms with van der Waals surface area (Å²) >= 11 is 0. The quantitative estimate of drug-likeness (QED) is 0.129. The van der Waals surface area contributed by atoms with Crippen LogP contribution in [0.1, 0.15) is 103 Å². The Morgan fingerprint density at radius 3 is 2.33 bits per heavy atom. The zero-order chi connectivity index (χ0) is 44.6. The SMILES string of the molecule is COC(CC1OC(=O)CC(O)CC(O)CC(=O)C(C)C(OC)c2coc(n2)-c2coc(n2)-c2coc(n2)/C=C/CCC1C)C(C)CCC(=O)C(C)C(C/C=C/N(C)C=O)OC. The van der Waals surface area contributed by atoms with Crippen molar-refractivity contribution in [2.45, 2.75) is 122 Å². The zero-order valence-corrected chi connectivity index (χ0v) is 36.4. The number of amides is 1. The van der Waals surface area contributed by atoms with E-state index in [4.69, 9.17) is 32.2 Å². The molecule has 336 valence electrons. The smallest absolute Gasteiger partial charge is 0.308 e. The van der Waals surface area contributed by atoms with E-state index in [1.165, 1.54) is 30.8 Å². The van der Waals surface area contributed by atoms with Gasteiger partial charge in [-0.05, 0) is 43.6 Å². The summed E-state index contributed by atoms with van der Waals surface area (Å²) in [6, 6.07) is 0. The molecule has 1 amide bonds. The number of nitrogens with zero attached hydrogens (tertiary/aromatic N) is 4. The Balaban J connectivity index is 1.49. The lowest BCUT2D eigenvalue weighted by Gasteiger charge is -2.31. The number of aromatic nitrogens is 3. The van der Waals surface area contributed by atoms with Gasteiger partial charge < -0.3 is 47.3 Å². The number of allylic oxidation sites excluding steroid dienone is 1. The van der Waals surface area contributed by atoms with E-state index in [1.807, 2.05) is 26.8 Å². The van der Waals surface area contributed by atoms with Crippen LogP contribution in [0.25, 0.3) is 29.2 Å². The van der Waals surface area contributed by atoms with Crippen molar-refractivity contribution >= 4 is 30.0 Å². The maximum absolute atomic E-state index is 13.4. The molecule has 1 aliphatic heterocycles. The molecule has 0 spiro atoms. The van der Waals surface area contributed by atoms with Gasteiger partial charge in [0.25, 0.3) is 0 Å². The van der Waals surface area contributed by atoms with Crippen molar-refractivity contribution in [2.24, 2.45) is 23.7 Å². The van der Waals surface area contributed by atoms with Crippen LogP contribution in [0.15, 0.2) is 50.4 Å². The number of hydrogen-bond acceptors (Lipinski definition) is 16. The highest BCUT2D eigenvalue weighted by molar-refractivity contribution is 5.82. The molecule has 0 saturated carbocycles. The Kier molecular flexibility index (Phi) is 19.2. The van der Waals surface area contributed by atoms with Gasteiger partial charge in [0.15, 0.2) is 11.4 Å². The molecule has 4 heterocycles. The van der Waals surface area contributed by atoms with Crippen LogP contribution in [-0.2, 0) is 38.1 Å². The monoisotopic (exact) mass is 854 g/mol. The van der Waals surface area contributed by atoms with Gasteiger partial charge in [-0.3, -0.25) is 19.2 Å². The molecule has 4 rings (SSSR count). The van der Waals surface area contributed by atoms with E-state index in [-0.39, 0.29) is 72.6 Å². The lowest BCUT2D eigenvalue weighted by atomic mass is 9.86. The fraction of sp³-hybridized carbons (Fsp3) is 0.614. The number of aliphatic hydroxyl groups is 2. The van der Waals surface area contributed by atoms with Crippen LogP contribution >= 0.6 is 0 Å². The number of ketones is 2. The van der Waals surface area contributed by atoms with Gasteiger partial charge in [-0.1, -0.05) is 39.8 Å². The van der Waals surface area contributed by atoms with E-state index in [9.17, 15) is 29.4 Å². The van der Waals surface area contributed by atoms with Crippen molar-refractivity contribution in [1.29, 1.82) is 0 Å². The molecule has 0 saturated heterocycles. The number of carbonyl (C=O) groups excluding carboxylic acids is 4. The van der Waals surface area contributed by atoms with Crippen LogP contribution in [-0.4, -0.2) is 113 Å². The summed E-state index contributed by atoms with van der Waals surface area (Å²) in [5.74, 6) is -1.73. The van der Waals surface area contributed by atoms with Crippen LogP contribution in [0, 0.1) is 23.7 Å². The molecular formula is C44H62N4O13. The minimum Gasteiger partial charge on any atom is -0.462 e. The van der Waals surface area contributed by atoms with Crippen molar-refractivity contribution in [3.8, 4) is 23.2 Å². The summed E-state index contributed by atoms with van der Waals surface area (Å²) in [5.41, 5.74) is 0.974. The van der Waals surface area contributed by atoms with Crippen LogP contribution in [0.4, 0.5) is 0 Å². The van der Waals surface area contributed by atoms with Crippen molar-refractivity contribution in [1.82, 2.24) is 19.9 Å². The average Bonchev–Trinajstić information content (AvgIpc) is 4.03. The summed E-state index contributed by atoms with van der Waals surface area (Å²) in [6.07, 6.45) is 9.02. The third-order valence-electron chi connectivity index (χ3n) is 11.3. The van der Waals surface area contributed by atoms with Gasteiger partial charge in [0, 0.05) is 72.1 Å². The molecule has 6 bridgehead atoms. The first kappa shape index (κ1) is 48.9. The topological polar surface area (TPSA) is 227 Å². The Labute approximate surface area is 356 Å². The largest absolute Gasteiger partial charge is 0.462 e. The zero-order valence-electron chi connectivity index (χ0n) is 36.4. The van der Waals surface area contributed by atoms with Gasteiger partial charge in [0.2, 0.25) is 24.1 Å². The number of oxazole rings is 3. The summed E-state index contributed by atoms with van der Waals surface area (Å²) in [7, 11) is 6.20. The number of esters is 1. The molecule has 1 aliphatic rings. The first-order valence-corrected chi connectivity index (χ1v) is 20.7. The molecular weight excluding hydrogens is 792 g/mol. The summed E-state index contributed by atoms with van der Waals surface area (Å²) in [5, 5.41) is 21.7. The van der Waals surface area contributed by atoms with Crippen LogP contribution in [0.2, 0.25) is 0 Å². The van der Waals surface area contributed by atoms with Crippen LogP contribution in [0.5, 0.6) is 0 Å². The van der Waals surface area contributed by atoms with E-state index >= 15 is 0 Å². The molecule has 10 atom stereocenters. The van der Waals surface area contributed by atoms with Crippen molar-refractivity contribution in [3.63, 3.8) is 0 Å². The Morgan fingerprint density at radius 1 is 0.951 bits per heavy atom. The fourth-order valence-electron chi connectivity index (χ4n) is 7.35. The van der Waals surface area contributed by atoms with Gasteiger partial charge in [-0.2, -0.15) is 0 Å². The van der Waals surface area contributed by atoms with Gasteiger partial charge in [-0.15, -0.1) is 0 Å². The third-order valence-corrected chi connectivity index (χ3v) is 11.3. The molecule has 0 aliphatic carbocycles. The number of carbonyl (C=O) groups is 4. The highest BCUT2D eigenvalue weighted by Crippen LogP contribution is 2.32. The Hall–Kier alpha value is -4.81. The molecule has 0 radical (unpaired) electrons. The molecule has 0 aromatic carbocycles. The number of aliphatic hydroxyl groups excluding tert-OH is 2. The predicted octanol–water partition coefficient (Wildman–Crippen LogP) is 6.16. The maximum atomic E-state index is 13.4. The number of cyclic esters (lactones) is 1. The predicted molar refractivity (Wildman–Crippen MR) is 221 cm³/mol. The number of Topliss-reactive ketones (excluding diaryl/α,β-unsaturated/α-hetero) is 2. The second kappa shape index (κ2) is 24.0. The number of methoxy groups -OCH3 is 3. The van der Waals surface area contributed by atoms with Crippen LogP contribution < -0.4 is 0 Å².